The summed E-state index contributed by atoms with van der Waals surface area (Å²) in [6, 6.07) is 2.04. The van der Waals surface area contributed by atoms with Crippen molar-refractivity contribution in [1.29, 1.82) is 0 Å². The molecule has 0 bridgehead atoms. The molecule has 2 aromatic heterocycles. The van der Waals surface area contributed by atoms with Crippen LogP contribution in [0.5, 0.6) is 0 Å². The number of aromatic nitrogens is 4. The number of anilines is 1. The van der Waals surface area contributed by atoms with Crippen molar-refractivity contribution in [3.63, 3.8) is 0 Å². The molecule has 0 unspecified atom stereocenters. The Hall–Kier alpha value is -2.75. The van der Waals surface area contributed by atoms with E-state index in [2.05, 4.69) is 26.9 Å². The van der Waals surface area contributed by atoms with Gasteiger partial charge in [0, 0.05) is 51.0 Å². The summed E-state index contributed by atoms with van der Waals surface area (Å²) in [5, 5.41) is 4.29. The number of morpholine rings is 1. The van der Waals surface area contributed by atoms with Gasteiger partial charge >= 0.3 is 11.8 Å². The zero-order valence-electron chi connectivity index (χ0n) is 16.1. The molecule has 0 aliphatic carbocycles. The van der Waals surface area contributed by atoms with Crippen LogP contribution in [0.1, 0.15) is 19.0 Å². The standard InChI is InChI=1S/C18H25N7O3/c1-2-3-14-12-15(25-18(21-14)19-13-20-25)22-4-6-23(7-5-22)16(26)17(27)24-8-10-28-11-9-24/h12-13H,2-11H2,1H3. The molecule has 0 radical (unpaired) electrons. The fraction of sp³-hybridized carbons (Fsp3) is 0.611. The van der Waals surface area contributed by atoms with Crippen LogP contribution in [0.2, 0.25) is 0 Å². The summed E-state index contributed by atoms with van der Waals surface area (Å²) in [6.07, 6.45) is 3.38. The molecule has 28 heavy (non-hydrogen) atoms. The molecule has 2 saturated heterocycles. The van der Waals surface area contributed by atoms with Crippen molar-refractivity contribution >= 4 is 23.4 Å². The second kappa shape index (κ2) is 8.09. The topological polar surface area (TPSA) is 96.2 Å². The Morgan fingerprint density at radius 1 is 1.04 bits per heavy atom. The molecule has 2 aromatic rings. The molecule has 2 amide bonds. The van der Waals surface area contributed by atoms with Crippen molar-refractivity contribution in [3.05, 3.63) is 18.1 Å². The number of fused-ring (bicyclic) bond motifs is 1. The summed E-state index contributed by atoms with van der Waals surface area (Å²) in [4.78, 5) is 39.2. The van der Waals surface area contributed by atoms with Crippen LogP contribution in [-0.4, -0.2) is 93.7 Å². The van der Waals surface area contributed by atoms with Crippen LogP contribution in [0.15, 0.2) is 12.4 Å². The molecule has 10 nitrogen and oxygen atoms in total. The van der Waals surface area contributed by atoms with Gasteiger partial charge in [-0.1, -0.05) is 13.3 Å². The van der Waals surface area contributed by atoms with Crippen molar-refractivity contribution < 1.29 is 14.3 Å². The van der Waals surface area contributed by atoms with Crippen molar-refractivity contribution in [3.8, 4) is 0 Å². The molecule has 0 saturated carbocycles. The van der Waals surface area contributed by atoms with Gasteiger partial charge in [0.05, 0.1) is 13.2 Å². The molecule has 2 aliphatic heterocycles. The van der Waals surface area contributed by atoms with Gasteiger partial charge in [-0.15, -0.1) is 0 Å². The van der Waals surface area contributed by atoms with Crippen LogP contribution in [0, 0.1) is 0 Å². The maximum Gasteiger partial charge on any atom is 0.312 e. The van der Waals surface area contributed by atoms with E-state index in [9.17, 15) is 9.59 Å². The van der Waals surface area contributed by atoms with Gasteiger partial charge in [-0.05, 0) is 6.42 Å². The van der Waals surface area contributed by atoms with Crippen molar-refractivity contribution in [2.45, 2.75) is 19.8 Å². The second-order valence-corrected chi connectivity index (χ2v) is 7.01. The molecule has 2 aliphatic rings. The van der Waals surface area contributed by atoms with E-state index in [1.54, 1.807) is 14.3 Å². The Labute approximate surface area is 163 Å². The van der Waals surface area contributed by atoms with Crippen LogP contribution >= 0.6 is 0 Å². The van der Waals surface area contributed by atoms with Gasteiger partial charge in [0.15, 0.2) is 0 Å². The first-order valence-electron chi connectivity index (χ1n) is 9.78. The highest BCUT2D eigenvalue weighted by molar-refractivity contribution is 6.34. The highest BCUT2D eigenvalue weighted by Crippen LogP contribution is 2.19. The lowest BCUT2D eigenvalue weighted by molar-refractivity contribution is -0.154. The number of nitrogens with zero attached hydrogens (tertiary/aromatic N) is 7. The minimum Gasteiger partial charge on any atom is -0.378 e. The Balaban J connectivity index is 1.44. The molecule has 0 aromatic carbocycles. The van der Waals surface area contributed by atoms with Gasteiger partial charge < -0.3 is 19.4 Å². The largest absolute Gasteiger partial charge is 0.378 e. The number of amides is 2. The van der Waals surface area contributed by atoms with Crippen LogP contribution in [0.3, 0.4) is 0 Å². The number of aryl methyl sites for hydroxylation is 1. The van der Waals surface area contributed by atoms with E-state index in [1.807, 2.05) is 6.07 Å². The monoisotopic (exact) mass is 387 g/mol. The average Bonchev–Trinajstić information content (AvgIpc) is 3.22. The van der Waals surface area contributed by atoms with Gasteiger partial charge in [0.1, 0.15) is 12.1 Å². The summed E-state index contributed by atoms with van der Waals surface area (Å²) in [7, 11) is 0. The predicted molar refractivity (Wildman–Crippen MR) is 101 cm³/mol. The average molecular weight is 387 g/mol. The first kappa shape index (κ1) is 18.6. The van der Waals surface area contributed by atoms with E-state index in [1.165, 1.54) is 6.33 Å². The number of hydrogen-bond donors (Lipinski definition) is 0. The second-order valence-electron chi connectivity index (χ2n) is 7.01. The lowest BCUT2D eigenvalue weighted by atomic mass is 10.2. The molecular formula is C18H25N7O3. The quantitative estimate of drug-likeness (QED) is 0.660. The van der Waals surface area contributed by atoms with E-state index in [-0.39, 0.29) is 0 Å². The number of rotatable bonds is 3. The Morgan fingerprint density at radius 2 is 1.71 bits per heavy atom. The van der Waals surface area contributed by atoms with Crippen LogP contribution in [0.4, 0.5) is 5.82 Å². The number of ether oxygens (including phenoxy) is 1. The molecular weight excluding hydrogens is 362 g/mol. The van der Waals surface area contributed by atoms with Gasteiger partial charge in [-0.3, -0.25) is 9.59 Å². The fourth-order valence-corrected chi connectivity index (χ4v) is 3.63. The van der Waals surface area contributed by atoms with Crippen LogP contribution in [0.25, 0.3) is 5.78 Å². The molecule has 4 heterocycles. The van der Waals surface area contributed by atoms with E-state index in [0.717, 1.165) is 24.4 Å². The molecule has 10 heteroatoms. The molecule has 0 atom stereocenters. The van der Waals surface area contributed by atoms with E-state index in [0.29, 0.717) is 58.3 Å². The van der Waals surface area contributed by atoms with Gasteiger partial charge in [0.2, 0.25) is 0 Å². The third-order valence-corrected chi connectivity index (χ3v) is 5.16. The van der Waals surface area contributed by atoms with Gasteiger partial charge in [0.25, 0.3) is 5.78 Å². The minimum atomic E-state index is -0.426. The minimum absolute atomic E-state index is 0.422. The van der Waals surface area contributed by atoms with Crippen molar-refractivity contribution in [2.75, 3.05) is 57.4 Å². The number of carbonyl (C=O) groups is 2. The van der Waals surface area contributed by atoms with Crippen molar-refractivity contribution in [2.24, 2.45) is 0 Å². The Bertz CT molecular complexity index is 854. The third kappa shape index (κ3) is 3.64. The van der Waals surface area contributed by atoms with E-state index >= 15 is 0 Å². The zero-order valence-corrected chi connectivity index (χ0v) is 16.1. The zero-order chi connectivity index (χ0) is 19.5. The molecule has 2 fully saturated rings. The van der Waals surface area contributed by atoms with Crippen LogP contribution < -0.4 is 4.90 Å². The van der Waals surface area contributed by atoms with Crippen molar-refractivity contribution in [1.82, 2.24) is 29.4 Å². The number of piperazine rings is 1. The lowest BCUT2D eigenvalue weighted by Crippen LogP contribution is -2.55. The summed E-state index contributed by atoms with van der Waals surface area (Å²) in [6.45, 7) is 6.31. The Kier molecular flexibility index (Phi) is 5.38. The summed E-state index contributed by atoms with van der Waals surface area (Å²) in [5.74, 6) is 0.665. The maximum absolute atomic E-state index is 12.6. The van der Waals surface area contributed by atoms with E-state index in [4.69, 9.17) is 4.74 Å². The normalized spacial score (nSPS) is 18.0. The SMILES string of the molecule is CCCc1cc(N2CCN(C(=O)C(=O)N3CCOCC3)CC2)n2ncnc2n1. The number of hydrogen-bond acceptors (Lipinski definition) is 7. The third-order valence-electron chi connectivity index (χ3n) is 5.16. The molecule has 4 rings (SSSR count). The number of carbonyl (C=O) groups excluding carboxylic acids is 2. The Morgan fingerprint density at radius 3 is 2.39 bits per heavy atom. The highest BCUT2D eigenvalue weighted by Gasteiger charge is 2.31. The predicted octanol–water partition coefficient (Wildman–Crippen LogP) is -0.416. The molecule has 0 N–H and O–H groups in total. The first-order chi connectivity index (χ1) is 13.7. The maximum atomic E-state index is 12.6. The highest BCUT2D eigenvalue weighted by atomic mass is 16.5. The van der Waals surface area contributed by atoms with E-state index < -0.39 is 11.8 Å². The summed E-state index contributed by atoms with van der Waals surface area (Å²) >= 11 is 0. The van der Waals surface area contributed by atoms with Gasteiger partial charge in [-0.25, -0.2) is 4.98 Å². The van der Waals surface area contributed by atoms with Crippen LogP contribution in [-0.2, 0) is 20.7 Å². The summed E-state index contributed by atoms with van der Waals surface area (Å²) in [5.41, 5.74) is 0.985. The fourth-order valence-electron chi connectivity index (χ4n) is 3.63. The smallest absolute Gasteiger partial charge is 0.312 e. The summed E-state index contributed by atoms with van der Waals surface area (Å²) < 4.78 is 6.98. The first-order valence-corrected chi connectivity index (χ1v) is 9.78. The molecule has 150 valence electrons. The lowest BCUT2D eigenvalue weighted by Gasteiger charge is -2.36. The van der Waals surface area contributed by atoms with Gasteiger partial charge in [-0.2, -0.15) is 14.6 Å². The molecule has 0 spiro atoms.